The van der Waals surface area contributed by atoms with Gasteiger partial charge in [-0.3, -0.25) is 9.80 Å². The number of aromatic amines is 1. The number of H-pyrrole nitrogens is 1. The fraction of sp³-hybridized carbons (Fsp3) is 0.343. The number of amides is 1. The molecule has 48 heavy (non-hydrogen) atoms. The molecule has 7 rings (SSSR count). The summed E-state index contributed by atoms with van der Waals surface area (Å²) in [6.07, 6.45) is 3.65. The molecule has 0 saturated carbocycles. The number of hydrogen-bond acceptors (Lipinski definition) is 8. The average Bonchev–Trinajstić information content (AvgIpc) is 3.58. The topological polar surface area (TPSA) is 91.7 Å². The summed E-state index contributed by atoms with van der Waals surface area (Å²) in [4.78, 5) is 34.7. The van der Waals surface area contributed by atoms with Crippen LogP contribution >= 0.6 is 34.5 Å². The van der Waals surface area contributed by atoms with Crippen molar-refractivity contribution in [1.29, 1.82) is 0 Å². The van der Waals surface area contributed by atoms with E-state index in [0.29, 0.717) is 54.9 Å². The molecule has 1 amide bonds. The second-order valence-corrected chi connectivity index (χ2v) is 13.7. The summed E-state index contributed by atoms with van der Waals surface area (Å²) in [6.45, 7) is 2.68. The molecule has 5 heterocycles. The molecule has 2 aromatic heterocycles. The highest BCUT2D eigenvalue weighted by atomic mass is 35.5. The predicted octanol–water partition coefficient (Wildman–Crippen LogP) is 7.40. The predicted molar refractivity (Wildman–Crippen MR) is 181 cm³/mol. The standard InChI is InChI=1S/C35H34Cl2FN3O6S/c1-44-29-9-7-22(15-31(29)45-2)30(16-24-25(36)17-39-18-26(24)37)46-34(42)33-10-8-23(48-33)19-41(28-6-4-3-5-27(28)38)35(43)47-32-20-40-13-11-21(32)12-14-40/h3-10,15,17-18,21,30,32H,11-14,16,19-20H2,1-2H3/p+1/t30-,32-/m0/s1. The fourth-order valence-corrected chi connectivity index (χ4v) is 7.62. The molecule has 252 valence electrons. The van der Waals surface area contributed by atoms with Crippen LogP contribution in [0, 0.1) is 11.7 Å². The lowest BCUT2D eigenvalue weighted by Crippen LogP contribution is -2.53. The van der Waals surface area contributed by atoms with Gasteiger partial charge in [-0.1, -0.05) is 41.4 Å². The third-order valence-corrected chi connectivity index (χ3v) is 10.5. The van der Waals surface area contributed by atoms with E-state index in [4.69, 9.17) is 42.1 Å². The van der Waals surface area contributed by atoms with Crippen LogP contribution in [0.25, 0.3) is 0 Å². The monoisotopic (exact) mass is 714 g/mol. The Bertz CT molecular complexity index is 1760. The van der Waals surface area contributed by atoms with Crippen molar-refractivity contribution in [3.63, 3.8) is 0 Å². The summed E-state index contributed by atoms with van der Waals surface area (Å²) in [7, 11) is 3.06. The summed E-state index contributed by atoms with van der Waals surface area (Å²) >= 11 is 14.1. The Hall–Kier alpha value is -3.90. The minimum Gasteiger partial charge on any atom is -0.493 e. The number of pyridine rings is 1. The van der Waals surface area contributed by atoms with Gasteiger partial charge in [-0.25, -0.2) is 19.0 Å². The van der Waals surface area contributed by atoms with E-state index in [1.807, 2.05) is 0 Å². The SMILES string of the molecule is COc1ccc([C@H](Cc2c(Cl)c[nH+]cc2Cl)OC(=O)c2ccc(CN(C(=O)O[C@H]3CN4CCC3CC4)c3ccccc3F)s2)cc1OC. The number of thiophene rings is 1. The van der Waals surface area contributed by atoms with Crippen LogP contribution in [0.1, 0.15) is 44.6 Å². The number of halogens is 3. The van der Waals surface area contributed by atoms with Crippen molar-refractivity contribution in [2.45, 2.75) is 38.0 Å². The van der Waals surface area contributed by atoms with E-state index >= 15 is 4.39 Å². The van der Waals surface area contributed by atoms with Gasteiger partial charge in [-0.2, -0.15) is 0 Å². The molecule has 3 aliphatic rings. The second-order valence-electron chi connectivity index (χ2n) is 11.7. The number of esters is 1. The number of hydrogen-bond donors (Lipinski definition) is 0. The van der Waals surface area contributed by atoms with Crippen LogP contribution in [0.15, 0.2) is 67.0 Å². The fourth-order valence-electron chi connectivity index (χ4n) is 6.21. The van der Waals surface area contributed by atoms with Gasteiger partial charge in [-0.05, 0) is 73.8 Å². The summed E-state index contributed by atoms with van der Waals surface area (Å²) in [5, 5.41) is 0.779. The Kier molecular flexibility index (Phi) is 10.7. The number of ether oxygens (including phenoxy) is 4. The van der Waals surface area contributed by atoms with Crippen molar-refractivity contribution in [1.82, 2.24) is 4.90 Å². The van der Waals surface area contributed by atoms with Gasteiger partial charge in [0.1, 0.15) is 32.9 Å². The van der Waals surface area contributed by atoms with Crippen LogP contribution in [0.5, 0.6) is 11.5 Å². The number of carbonyl (C=O) groups excluding carboxylic acids is 2. The average molecular weight is 716 g/mol. The zero-order valence-corrected chi connectivity index (χ0v) is 28.7. The molecule has 13 heteroatoms. The Morgan fingerprint density at radius 2 is 1.75 bits per heavy atom. The molecule has 1 N–H and O–H groups in total. The molecule has 3 aliphatic heterocycles. The van der Waals surface area contributed by atoms with E-state index in [9.17, 15) is 9.59 Å². The number of fused-ring (bicyclic) bond motifs is 3. The normalized spacial score (nSPS) is 19.0. The lowest BCUT2D eigenvalue weighted by Gasteiger charge is -2.44. The number of benzene rings is 2. The molecule has 0 spiro atoms. The van der Waals surface area contributed by atoms with Crippen LogP contribution in [-0.4, -0.2) is 56.9 Å². The Morgan fingerprint density at radius 1 is 1.02 bits per heavy atom. The number of nitrogens with zero attached hydrogens (tertiary/aromatic N) is 2. The van der Waals surface area contributed by atoms with Crippen molar-refractivity contribution in [3.8, 4) is 11.5 Å². The Balaban J connectivity index is 1.23. The third kappa shape index (κ3) is 7.54. The Morgan fingerprint density at radius 3 is 2.42 bits per heavy atom. The number of rotatable bonds is 11. The largest absolute Gasteiger partial charge is 0.493 e. The van der Waals surface area contributed by atoms with E-state index in [1.54, 1.807) is 60.9 Å². The van der Waals surface area contributed by atoms with Crippen LogP contribution in [0.3, 0.4) is 0 Å². The molecule has 2 atom stereocenters. The summed E-state index contributed by atoms with van der Waals surface area (Å²) in [5.41, 5.74) is 1.33. The molecule has 9 nitrogen and oxygen atoms in total. The number of nitrogens with one attached hydrogen (secondary N) is 1. The third-order valence-electron chi connectivity index (χ3n) is 8.80. The van der Waals surface area contributed by atoms with Crippen LogP contribution in [0.2, 0.25) is 10.0 Å². The first-order valence-corrected chi connectivity index (χ1v) is 17.1. The highest BCUT2D eigenvalue weighted by molar-refractivity contribution is 7.14. The van der Waals surface area contributed by atoms with Gasteiger partial charge in [-0.15, -0.1) is 11.3 Å². The lowest BCUT2D eigenvalue weighted by atomic mass is 9.86. The minimum absolute atomic E-state index is 0.00362. The van der Waals surface area contributed by atoms with Crippen LogP contribution in [0.4, 0.5) is 14.9 Å². The molecular formula is C35H35Cl2FN3O6S+. The maximum Gasteiger partial charge on any atom is 0.415 e. The van der Waals surface area contributed by atoms with Crippen molar-refractivity contribution >= 4 is 52.3 Å². The maximum absolute atomic E-state index is 15.0. The van der Waals surface area contributed by atoms with Gasteiger partial charge in [0, 0.05) is 23.4 Å². The van der Waals surface area contributed by atoms with E-state index in [1.165, 1.54) is 25.2 Å². The van der Waals surface area contributed by atoms with Crippen molar-refractivity contribution < 1.29 is 37.9 Å². The quantitative estimate of drug-likeness (QED) is 0.150. The number of aromatic nitrogens is 1. The van der Waals surface area contributed by atoms with E-state index in [-0.39, 0.29) is 24.8 Å². The summed E-state index contributed by atoms with van der Waals surface area (Å²) in [6, 6.07) is 14.7. The molecule has 4 aromatic rings. The first-order chi connectivity index (χ1) is 23.2. The van der Waals surface area contributed by atoms with Crippen molar-refractivity contribution in [2.24, 2.45) is 5.92 Å². The minimum atomic E-state index is -0.799. The van der Waals surface area contributed by atoms with Crippen LogP contribution < -0.4 is 19.4 Å². The second kappa shape index (κ2) is 15.1. The van der Waals surface area contributed by atoms with E-state index in [0.717, 1.165) is 37.3 Å². The maximum atomic E-state index is 15.0. The smallest absolute Gasteiger partial charge is 0.415 e. The highest BCUT2D eigenvalue weighted by Crippen LogP contribution is 2.36. The number of para-hydroxylation sites is 1. The first-order valence-electron chi connectivity index (χ1n) is 15.5. The molecule has 3 saturated heterocycles. The molecule has 2 bridgehead atoms. The number of methoxy groups -OCH3 is 2. The zero-order valence-electron chi connectivity index (χ0n) is 26.4. The molecular weight excluding hydrogens is 680 g/mol. The van der Waals surface area contributed by atoms with Gasteiger partial charge >= 0.3 is 12.1 Å². The van der Waals surface area contributed by atoms with Gasteiger partial charge in [0.05, 0.1) is 26.5 Å². The molecule has 0 radical (unpaired) electrons. The molecule has 0 unspecified atom stereocenters. The molecule has 2 aromatic carbocycles. The van der Waals surface area contributed by atoms with E-state index in [2.05, 4.69) is 9.88 Å². The number of piperidine rings is 3. The van der Waals surface area contributed by atoms with Gasteiger partial charge in [0.15, 0.2) is 23.9 Å². The van der Waals surface area contributed by atoms with Crippen LogP contribution in [-0.2, 0) is 22.4 Å². The number of anilines is 1. The molecule has 3 fully saturated rings. The Labute approximate surface area is 292 Å². The van der Waals surface area contributed by atoms with Gasteiger partial charge in [0.25, 0.3) is 0 Å². The lowest BCUT2D eigenvalue weighted by molar-refractivity contribution is -0.377. The zero-order chi connectivity index (χ0) is 33.8. The highest BCUT2D eigenvalue weighted by Gasteiger charge is 2.38. The number of carbonyl (C=O) groups is 2. The summed E-state index contributed by atoms with van der Waals surface area (Å²) < 4.78 is 38.0. The molecule has 0 aliphatic carbocycles. The van der Waals surface area contributed by atoms with Gasteiger partial charge in [0.2, 0.25) is 0 Å². The summed E-state index contributed by atoms with van der Waals surface area (Å²) in [5.74, 6) is 0.139. The first kappa shape index (κ1) is 34.0. The van der Waals surface area contributed by atoms with Crippen molar-refractivity contribution in [3.05, 3.63) is 104 Å². The van der Waals surface area contributed by atoms with Gasteiger partial charge < -0.3 is 18.9 Å². The van der Waals surface area contributed by atoms with Crippen molar-refractivity contribution in [2.75, 3.05) is 38.8 Å². The van der Waals surface area contributed by atoms with E-state index < -0.39 is 24.0 Å².